The zero-order valence-electron chi connectivity index (χ0n) is 4.02. The van der Waals surface area contributed by atoms with Gasteiger partial charge in [0.2, 0.25) is 0 Å². The summed E-state index contributed by atoms with van der Waals surface area (Å²) >= 11 is 5.47. The van der Waals surface area contributed by atoms with Gasteiger partial charge in [-0.05, 0) is 0 Å². The molecule has 4 heteroatoms. The molecule has 0 saturated carbocycles. The second kappa shape index (κ2) is 2.84. The van der Waals surface area contributed by atoms with Crippen LogP contribution in [0.2, 0.25) is 5.02 Å². The predicted molar refractivity (Wildman–Crippen MR) is 37.5 cm³/mol. The number of nitrogens with one attached hydrogen (secondary N) is 1. The number of halogens is 2. The predicted octanol–water partition coefficient (Wildman–Crippen LogP) is 1.67. The minimum atomic E-state index is 0. The molecule has 0 amide bonds. The number of anilines is 1. The third kappa shape index (κ3) is 1.32. The number of aromatic amines is 1. The van der Waals surface area contributed by atoms with Crippen LogP contribution in [-0.4, -0.2) is 4.98 Å². The van der Waals surface area contributed by atoms with E-state index < -0.39 is 0 Å². The van der Waals surface area contributed by atoms with Crippen LogP contribution in [0.5, 0.6) is 0 Å². The molecule has 0 saturated heterocycles. The summed E-state index contributed by atoms with van der Waals surface area (Å²) in [5, 5.41) is 0.583. The lowest BCUT2D eigenvalue weighted by atomic mass is 10.6. The van der Waals surface area contributed by atoms with Gasteiger partial charge in [-0.3, -0.25) is 0 Å². The molecule has 0 aliphatic rings. The number of nitrogen functional groups attached to an aromatic ring is 1. The van der Waals surface area contributed by atoms with E-state index >= 15 is 0 Å². The second-order valence-electron chi connectivity index (χ2n) is 1.26. The zero-order valence-corrected chi connectivity index (χ0v) is 5.59. The third-order valence-electron chi connectivity index (χ3n) is 0.725. The molecule has 0 fully saturated rings. The Labute approximate surface area is 58.4 Å². The van der Waals surface area contributed by atoms with E-state index in [1.807, 2.05) is 0 Å². The monoisotopic (exact) mass is 152 g/mol. The topological polar surface area (TPSA) is 41.8 Å². The Hall–Kier alpha value is -0.340. The van der Waals surface area contributed by atoms with Crippen LogP contribution in [-0.2, 0) is 0 Å². The maximum atomic E-state index is 5.47. The van der Waals surface area contributed by atoms with Crippen molar-refractivity contribution in [3.63, 3.8) is 0 Å². The maximum absolute atomic E-state index is 5.47. The largest absolute Gasteiger partial charge is 0.396 e. The number of rotatable bonds is 0. The van der Waals surface area contributed by atoms with Crippen molar-refractivity contribution >= 4 is 29.7 Å². The fourth-order valence-corrected chi connectivity index (χ4v) is 0.474. The van der Waals surface area contributed by atoms with Crippen molar-refractivity contribution in [3.05, 3.63) is 17.4 Å². The molecule has 1 heterocycles. The summed E-state index contributed by atoms with van der Waals surface area (Å²) < 4.78 is 0. The van der Waals surface area contributed by atoms with Gasteiger partial charge in [0.1, 0.15) is 0 Å². The van der Waals surface area contributed by atoms with Crippen LogP contribution >= 0.6 is 24.0 Å². The molecule has 0 unspecified atom stereocenters. The van der Waals surface area contributed by atoms with Crippen LogP contribution in [0.25, 0.3) is 0 Å². The number of hydrogen-bond donors (Lipinski definition) is 2. The normalized spacial score (nSPS) is 8.12. The summed E-state index contributed by atoms with van der Waals surface area (Å²) in [7, 11) is 0. The average Bonchev–Trinajstić information content (AvgIpc) is 1.91. The highest BCUT2D eigenvalue weighted by Gasteiger charge is 1.89. The van der Waals surface area contributed by atoms with Gasteiger partial charge in [-0.2, -0.15) is 0 Å². The number of hydrogen-bond acceptors (Lipinski definition) is 1. The Kier molecular flexibility index (Phi) is 2.72. The number of H-pyrrole nitrogens is 1. The molecule has 0 bridgehead atoms. The Bertz CT molecular complexity index is 144. The Morgan fingerprint density at radius 1 is 1.50 bits per heavy atom. The lowest BCUT2D eigenvalue weighted by molar-refractivity contribution is 1.41. The van der Waals surface area contributed by atoms with E-state index in [2.05, 4.69) is 4.98 Å². The van der Waals surface area contributed by atoms with Crippen molar-refractivity contribution in [1.29, 1.82) is 0 Å². The Balaban J connectivity index is 0.000000490. The van der Waals surface area contributed by atoms with E-state index in [9.17, 15) is 0 Å². The highest BCUT2D eigenvalue weighted by molar-refractivity contribution is 6.32. The fourth-order valence-electron chi connectivity index (χ4n) is 0.357. The van der Waals surface area contributed by atoms with Crippen LogP contribution < -0.4 is 5.73 Å². The smallest absolute Gasteiger partial charge is 0.0810 e. The van der Waals surface area contributed by atoms with Crippen molar-refractivity contribution in [2.75, 3.05) is 5.73 Å². The Morgan fingerprint density at radius 2 is 2.12 bits per heavy atom. The van der Waals surface area contributed by atoms with Gasteiger partial charge in [-0.15, -0.1) is 12.4 Å². The fraction of sp³-hybridized carbons (Fsp3) is 0. The quantitative estimate of drug-likeness (QED) is 0.584. The molecule has 2 nitrogen and oxygen atoms in total. The van der Waals surface area contributed by atoms with Crippen molar-refractivity contribution in [2.45, 2.75) is 0 Å². The summed E-state index contributed by atoms with van der Waals surface area (Å²) in [5.41, 5.74) is 5.88. The molecule has 0 aromatic carbocycles. The summed E-state index contributed by atoms with van der Waals surface area (Å²) in [4.78, 5) is 2.74. The van der Waals surface area contributed by atoms with Gasteiger partial charge in [0.15, 0.2) is 0 Å². The summed E-state index contributed by atoms with van der Waals surface area (Å²) in [6.07, 6.45) is 3.28. The average molecular weight is 153 g/mol. The van der Waals surface area contributed by atoms with Crippen molar-refractivity contribution < 1.29 is 0 Å². The van der Waals surface area contributed by atoms with E-state index in [0.29, 0.717) is 10.7 Å². The summed E-state index contributed by atoms with van der Waals surface area (Å²) in [6, 6.07) is 0. The van der Waals surface area contributed by atoms with Crippen LogP contribution in [0.1, 0.15) is 0 Å². The molecule has 0 spiro atoms. The van der Waals surface area contributed by atoms with Crippen LogP contribution in [0, 0.1) is 0 Å². The van der Waals surface area contributed by atoms with E-state index in [0.717, 1.165) is 0 Å². The van der Waals surface area contributed by atoms with Crippen molar-refractivity contribution in [1.82, 2.24) is 4.98 Å². The van der Waals surface area contributed by atoms with Gasteiger partial charge >= 0.3 is 0 Å². The van der Waals surface area contributed by atoms with E-state index in [-0.39, 0.29) is 12.4 Å². The molecular weight excluding hydrogens is 147 g/mol. The second-order valence-corrected chi connectivity index (χ2v) is 1.67. The molecule has 0 aliphatic carbocycles. The minimum Gasteiger partial charge on any atom is -0.396 e. The summed E-state index contributed by atoms with van der Waals surface area (Å²) in [6.45, 7) is 0. The minimum absolute atomic E-state index is 0. The Morgan fingerprint density at radius 3 is 2.25 bits per heavy atom. The first kappa shape index (κ1) is 7.66. The zero-order chi connectivity index (χ0) is 5.28. The molecule has 1 aromatic heterocycles. The van der Waals surface area contributed by atoms with Gasteiger partial charge in [-0.25, -0.2) is 0 Å². The SMILES string of the molecule is Cl.Nc1c[nH]cc1Cl. The van der Waals surface area contributed by atoms with Crippen LogP contribution in [0.15, 0.2) is 12.4 Å². The van der Waals surface area contributed by atoms with E-state index in [1.54, 1.807) is 12.4 Å². The first-order valence-corrected chi connectivity index (χ1v) is 2.26. The van der Waals surface area contributed by atoms with Gasteiger partial charge in [0, 0.05) is 12.4 Å². The standard InChI is InChI=1S/C4H5ClN2.ClH/c5-3-1-7-2-4(3)6;/h1-2,7H,6H2;1H. The molecule has 0 radical (unpaired) electrons. The first-order valence-electron chi connectivity index (χ1n) is 1.88. The van der Waals surface area contributed by atoms with E-state index in [4.69, 9.17) is 17.3 Å². The van der Waals surface area contributed by atoms with Crippen LogP contribution in [0.3, 0.4) is 0 Å². The van der Waals surface area contributed by atoms with Gasteiger partial charge in [-0.1, -0.05) is 11.6 Å². The molecule has 0 aliphatic heterocycles. The molecule has 8 heavy (non-hydrogen) atoms. The van der Waals surface area contributed by atoms with Gasteiger partial charge in [0.05, 0.1) is 10.7 Å². The molecule has 46 valence electrons. The number of aromatic nitrogens is 1. The molecule has 1 aromatic rings. The number of nitrogens with two attached hydrogens (primary N) is 1. The molecule has 0 atom stereocenters. The summed E-state index contributed by atoms with van der Waals surface area (Å²) in [5.74, 6) is 0. The third-order valence-corrected chi connectivity index (χ3v) is 1.05. The van der Waals surface area contributed by atoms with Gasteiger partial charge in [0.25, 0.3) is 0 Å². The lowest BCUT2D eigenvalue weighted by Crippen LogP contribution is -1.77. The molecular formula is C4H6Cl2N2. The first-order chi connectivity index (χ1) is 3.30. The lowest BCUT2D eigenvalue weighted by Gasteiger charge is -1.77. The maximum Gasteiger partial charge on any atom is 0.0810 e. The van der Waals surface area contributed by atoms with Crippen molar-refractivity contribution in [2.24, 2.45) is 0 Å². The highest BCUT2D eigenvalue weighted by atomic mass is 35.5. The highest BCUT2D eigenvalue weighted by Crippen LogP contribution is 2.14. The van der Waals surface area contributed by atoms with Crippen molar-refractivity contribution in [3.8, 4) is 0 Å². The van der Waals surface area contributed by atoms with Crippen LogP contribution in [0.4, 0.5) is 5.69 Å². The molecule has 1 rings (SSSR count). The van der Waals surface area contributed by atoms with Gasteiger partial charge < -0.3 is 10.7 Å². The molecule has 3 N–H and O–H groups in total. The van der Waals surface area contributed by atoms with E-state index in [1.165, 1.54) is 0 Å².